The Morgan fingerprint density at radius 3 is 2.07 bits per heavy atom. The number of benzene rings is 2. The molecule has 0 bridgehead atoms. The monoisotopic (exact) mass is 390 g/mol. The second kappa shape index (κ2) is 6.72. The van der Waals surface area contributed by atoms with E-state index >= 15 is 0 Å². The maximum absolute atomic E-state index is 13.2. The van der Waals surface area contributed by atoms with Crippen LogP contribution in [0.1, 0.15) is 12.8 Å². The second-order valence-corrected chi connectivity index (χ2v) is 8.19. The summed E-state index contributed by atoms with van der Waals surface area (Å²) in [5.41, 5.74) is 1.40. The van der Waals surface area contributed by atoms with Gasteiger partial charge in [-0.1, -0.05) is 24.3 Å². The van der Waals surface area contributed by atoms with E-state index in [9.17, 15) is 19.5 Å². The number of para-hydroxylation sites is 2. The van der Waals surface area contributed by atoms with Crippen LogP contribution in [0.4, 0.5) is 0 Å². The van der Waals surface area contributed by atoms with Crippen molar-refractivity contribution in [1.82, 2.24) is 9.47 Å². The van der Waals surface area contributed by atoms with Crippen LogP contribution in [0.25, 0.3) is 21.8 Å². The Morgan fingerprint density at radius 1 is 0.931 bits per heavy atom. The van der Waals surface area contributed by atoms with Gasteiger partial charge in [-0.05, 0) is 48.9 Å². The van der Waals surface area contributed by atoms with Gasteiger partial charge in [-0.3, -0.25) is 14.4 Å². The number of nitrogens with zero attached hydrogens (tertiary/aromatic N) is 2. The summed E-state index contributed by atoms with van der Waals surface area (Å²) in [6.45, 7) is 0.868. The van der Waals surface area contributed by atoms with E-state index in [1.54, 1.807) is 17.0 Å². The molecule has 29 heavy (non-hydrogen) atoms. The highest BCUT2D eigenvalue weighted by Gasteiger charge is 2.46. The molecule has 1 amide bonds. The summed E-state index contributed by atoms with van der Waals surface area (Å²) < 4.78 is 1.88. The Morgan fingerprint density at radius 2 is 1.52 bits per heavy atom. The topological polar surface area (TPSA) is 79.6 Å². The SMILES string of the molecule is O=C(O)[C@H]1CN(C(=O)Cn2c3ccccc3c(=O)c3ccccc32)C[C@@H]1C1CC1. The minimum absolute atomic E-state index is 0.0409. The first kappa shape index (κ1) is 17.9. The van der Waals surface area contributed by atoms with Gasteiger partial charge >= 0.3 is 5.97 Å². The zero-order valence-electron chi connectivity index (χ0n) is 16.0. The number of fused-ring (bicyclic) bond motifs is 2. The maximum Gasteiger partial charge on any atom is 0.308 e. The third-order valence-electron chi connectivity index (χ3n) is 6.43. The summed E-state index contributed by atoms with van der Waals surface area (Å²) >= 11 is 0. The van der Waals surface area contributed by atoms with Gasteiger partial charge in [0.1, 0.15) is 6.54 Å². The molecule has 1 aliphatic heterocycles. The number of aliphatic carboxylic acids is 1. The molecule has 1 saturated carbocycles. The molecule has 148 valence electrons. The van der Waals surface area contributed by atoms with Crippen LogP contribution in [-0.2, 0) is 16.1 Å². The number of hydrogen-bond acceptors (Lipinski definition) is 3. The molecule has 2 atom stereocenters. The molecule has 1 N–H and O–H groups in total. The maximum atomic E-state index is 13.2. The van der Waals surface area contributed by atoms with E-state index in [0.29, 0.717) is 23.2 Å². The molecular formula is C23H22N2O4. The smallest absolute Gasteiger partial charge is 0.308 e. The Balaban J connectivity index is 1.53. The van der Waals surface area contributed by atoms with Crippen molar-refractivity contribution in [2.45, 2.75) is 19.4 Å². The van der Waals surface area contributed by atoms with Crippen LogP contribution in [0.15, 0.2) is 53.3 Å². The van der Waals surface area contributed by atoms with Crippen molar-refractivity contribution in [2.24, 2.45) is 17.8 Å². The number of amides is 1. The van der Waals surface area contributed by atoms with Gasteiger partial charge in [-0.2, -0.15) is 0 Å². The average molecular weight is 390 g/mol. The van der Waals surface area contributed by atoms with E-state index in [1.807, 2.05) is 41.0 Å². The van der Waals surface area contributed by atoms with Crippen LogP contribution in [0.5, 0.6) is 0 Å². The zero-order chi connectivity index (χ0) is 20.1. The highest BCUT2D eigenvalue weighted by atomic mass is 16.4. The molecule has 1 saturated heterocycles. The van der Waals surface area contributed by atoms with Crippen LogP contribution in [0.3, 0.4) is 0 Å². The van der Waals surface area contributed by atoms with Gasteiger partial charge in [0, 0.05) is 23.9 Å². The van der Waals surface area contributed by atoms with Crippen LogP contribution in [0.2, 0.25) is 0 Å². The van der Waals surface area contributed by atoms with Gasteiger partial charge in [0.2, 0.25) is 5.91 Å². The standard InChI is InChI=1S/C23H22N2O4/c26-21(24-11-17(14-9-10-14)18(12-24)23(28)29)13-25-19-7-3-1-5-15(19)22(27)16-6-2-4-8-20(16)25/h1-8,14,17-18H,9-13H2,(H,28,29)/t17-,18+/m1/s1. The predicted octanol–water partition coefficient (Wildman–Crippen LogP) is 2.72. The van der Waals surface area contributed by atoms with Gasteiger partial charge < -0.3 is 14.6 Å². The first-order valence-electron chi connectivity index (χ1n) is 10.1. The van der Waals surface area contributed by atoms with E-state index in [4.69, 9.17) is 0 Å². The highest BCUT2D eigenvalue weighted by molar-refractivity contribution is 5.95. The highest BCUT2D eigenvalue weighted by Crippen LogP contribution is 2.44. The molecule has 0 radical (unpaired) electrons. The molecule has 2 aromatic carbocycles. The van der Waals surface area contributed by atoms with Gasteiger partial charge in [-0.15, -0.1) is 0 Å². The number of aromatic nitrogens is 1. The molecule has 2 fully saturated rings. The van der Waals surface area contributed by atoms with Crippen molar-refractivity contribution in [2.75, 3.05) is 13.1 Å². The van der Waals surface area contributed by atoms with Crippen molar-refractivity contribution in [3.8, 4) is 0 Å². The molecule has 2 heterocycles. The van der Waals surface area contributed by atoms with E-state index in [0.717, 1.165) is 23.9 Å². The van der Waals surface area contributed by atoms with Gasteiger partial charge in [-0.25, -0.2) is 0 Å². The van der Waals surface area contributed by atoms with Crippen LogP contribution in [0, 0.1) is 17.8 Å². The largest absolute Gasteiger partial charge is 0.481 e. The molecule has 2 aliphatic rings. The number of carboxylic acids is 1. The summed E-state index contributed by atoms with van der Waals surface area (Å²) in [4.78, 5) is 39.4. The van der Waals surface area contributed by atoms with Gasteiger partial charge in [0.15, 0.2) is 5.43 Å². The fourth-order valence-corrected chi connectivity index (χ4v) is 4.78. The molecule has 0 spiro atoms. The molecule has 3 aromatic rings. The van der Waals surface area contributed by atoms with E-state index < -0.39 is 11.9 Å². The lowest BCUT2D eigenvalue weighted by Crippen LogP contribution is -2.33. The minimum Gasteiger partial charge on any atom is -0.481 e. The first-order chi connectivity index (χ1) is 14.0. The van der Waals surface area contributed by atoms with Crippen LogP contribution >= 0.6 is 0 Å². The van der Waals surface area contributed by atoms with Crippen molar-refractivity contribution >= 4 is 33.7 Å². The molecule has 6 heteroatoms. The van der Waals surface area contributed by atoms with Crippen molar-refractivity contribution < 1.29 is 14.7 Å². The Hall–Kier alpha value is -3.15. The average Bonchev–Trinajstić information content (AvgIpc) is 3.48. The summed E-state index contributed by atoms with van der Waals surface area (Å²) in [5.74, 6) is -0.898. The van der Waals surface area contributed by atoms with E-state index in [1.165, 1.54) is 0 Å². The summed E-state index contributed by atoms with van der Waals surface area (Å²) in [6, 6.07) is 14.6. The lowest BCUT2D eigenvalue weighted by molar-refractivity contribution is -0.142. The number of carbonyl (C=O) groups excluding carboxylic acids is 1. The summed E-state index contributed by atoms with van der Waals surface area (Å²) in [5, 5.41) is 10.8. The summed E-state index contributed by atoms with van der Waals surface area (Å²) in [6.07, 6.45) is 2.12. The minimum atomic E-state index is -0.809. The number of rotatable bonds is 4. The van der Waals surface area contributed by atoms with Crippen LogP contribution in [-0.4, -0.2) is 39.5 Å². The lowest BCUT2D eigenvalue weighted by atomic mass is 9.92. The second-order valence-electron chi connectivity index (χ2n) is 8.19. The summed E-state index contributed by atoms with van der Waals surface area (Å²) in [7, 11) is 0. The number of carbonyl (C=O) groups is 2. The van der Waals surface area contributed by atoms with Crippen LogP contribution < -0.4 is 5.43 Å². The van der Waals surface area contributed by atoms with E-state index in [-0.39, 0.29) is 30.3 Å². The Bertz CT molecular complexity index is 1130. The Kier molecular flexibility index (Phi) is 4.15. The van der Waals surface area contributed by atoms with Crippen molar-refractivity contribution in [3.05, 3.63) is 58.8 Å². The fraction of sp³-hybridized carbons (Fsp3) is 0.348. The third kappa shape index (κ3) is 2.99. The number of hydrogen-bond donors (Lipinski definition) is 1. The normalized spacial score (nSPS) is 21.7. The predicted molar refractivity (Wildman–Crippen MR) is 110 cm³/mol. The lowest BCUT2D eigenvalue weighted by Gasteiger charge is -2.20. The van der Waals surface area contributed by atoms with Gasteiger partial charge in [0.05, 0.1) is 17.0 Å². The fourth-order valence-electron chi connectivity index (χ4n) is 4.78. The molecule has 6 nitrogen and oxygen atoms in total. The molecule has 1 aromatic heterocycles. The van der Waals surface area contributed by atoms with E-state index in [2.05, 4.69) is 0 Å². The van der Waals surface area contributed by atoms with Gasteiger partial charge in [0.25, 0.3) is 0 Å². The number of pyridine rings is 1. The molecular weight excluding hydrogens is 368 g/mol. The first-order valence-corrected chi connectivity index (χ1v) is 10.1. The third-order valence-corrected chi connectivity index (χ3v) is 6.43. The van der Waals surface area contributed by atoms with Crippen molar-refractivity contribution in [1.29, 1.82) is 0 Å². The number of likely N-dealkylation sites (tertiary alicyclic amines) is 1. The zero-order valence-corrected chi connectivity index (χ0v) is 16.0. The quantitative estimate of drug-likeness (QED) is 0.695. The molecule has 1 aliphatic carbocycles. The molecule has 0 unspecified atom stereocenters. The molecule has 5 rings (SSSR count). The number of carboxylic acid groups (broad SMARTS) is 1. The Labute approximate surface area is 167 Å². The van der Waals surface area contributed by atoms with Crippen molar-refractivity contribution in [3.63, 3.8) is 0 Å².